The summed E-state index contributed by atoms with van der Waals surface area (Å²) in [6.07, 6.45) is 3.39. The minimum absolute atomic E-state index is 0.0407. The van der Waals surface area contributed by atoms with Crippen molar-refractivity contribution in [2.24, 2.45) is 5.92 Å². The molecule has 5 nitrogen and oxygen atoms in total. The van der Waals surface area contributed by atoms with Gasteiger partial charge in [0, 0.05) is 23.0 Å². The molecule has 116 valence electrons. The summed E-state index contributed by atoms with van der Waals surface area (Å²) in [6.45, 7) is 2.99. The molecule has 6 heteroatoms. The minimum Gasteiger partial charge on any atom is -0.314 e. The van der Waals surface area contributed by atoms with E-state index in [9.17, 15) is 4.79 Å². The second-order valence-electron chi connectivity index (χ2n) is 5.67. The molecule has 1 aliphatic heterocycles. The smallest absolute Gasteiger partial charge is 0.228 e. The molecule has 1 aromatic heterocycles. The fraction of sp³-hybridized carbons (Fsp3) is 0.375. The zero-order chi connectivity index (χ0) is 15.5. The zero-order valence-corrected chi connectivity index (χ0v) is 13.2. The number of aromatic nitrogens is 2. The number of amides is 1. The van der Waals surface area contributed by atoms with E-state index in [0.29, 0.717) is 16.9 Å². The van der Waals surface area contributed by atoms with Crippen molar-refractivity contribution in [3.8, 4) is 5.69 Å². The van der Waals surface area contributed by atoms with E-state index in [1.807, 2.05) is 24.3 Å². The van der Waals surface area contributed by atoms with Crippen LogP contribution in [-0.2, 0) is 4.79 Å². The Labute approximate surface area is 134 Å². The Kier molecular flexibility index (Phi) is 4.45. The summed E-state index contributed by atoms with van der Waals surface area (Å²) in [7, 11) is 0. The molecule has 0 saturated carbocycles. The van der Waals surface area contributed by atoms with Gasteiger partial charge in [-0.15, -0.1) is 0 Å². The van der Waals surface area contributed by atoms with Crippen LogP contribution in [0.5, 0.6) is 0 Å². The number of benzene rings is 1. The Morgan fingerprint density at radius 1 is 1.45 bits per heavy atom. The molecule has 1 aliphatic rings. The lowest BCUT2D eigenvalue weighted by atomic mass is 9.92. The number of hydrogen-bond acceptors (Lipinski definition) is 3. The first kappa shape index (κ1) is 15.1. The van der Waals surface area contributed by atoms with Gasteiger partial charge in [-0.2, -0.15) is 5.10 Å². The average Bonchev–Trinajstić information content (AvgIpc) is 2.95. The second kappa shape index (κ2) is 6.50. The van der Waals surface area contributed by atoms with E-state index in [4.69, 9.17) is 11.6 Å². The third-order valence-electron chi connectivity index (χ3n) is 3.94. The molecule has 2 N–H and O–H groups in total. The van der Waals surface area contributed by atoms with Crippen molar-refractivity contribution >= 4 is 23.3 Å². The van der Waals surface area contributed by atoms with E-state index < -0.39 is 0 Å². The highest BCUT2D eigenvalue weighted by Crippen LogP contribution is 2.21. The van der Waals surface area contributed by atoms with Gasteiger partial charge < -0.3 is 10.6 Å². The first-order valence-electron chi connectivity index (χ1n) is 7.47. The van der Waals surface area contributed by atoms with Gasteiger partial charge in [-0.1, -0.05) is 17.7 Å². The highest BCUT2D eigenvalue weighted by molar-refractivity contribution is 6.30. The number of nitrogens with one attached hydrogen (secondary N) is 2. The van der Waals surface area contributed by atoms with Crippen LogP contribution >= 0.6 is 11.6 Å². The van der Waals surface area contributed by atoms with Gasteiger partial charge in [-0.25, -0.2) is 4.68 Å². The average molecular weight is 319 g/mol. The summed E-state index contributed by atoms with van der Waals surface area (Å²) >= 11 is 6.02. The molecule has 1 aromatic carbocycles. The molecular weight excluding hydrogens is 300 g/mol. The number of anilines is 1. The molecule has 2 aromatic rings. The maximum absolute atomic E-state index is 12.5. The van der Waals surface area contributed by atoms with E-state index in [0.717, 1.165) is 25.1 Å². The summed E-state index contributed by atoms with van der Waals surface area (Å²) in [6, 6.07) is 9.56. The summed E-state index contributed by atoms with van der Waals surface area (Å²) in [5.74, 6) is 0.759. The number of carbonyl (C=O) groups is 1. The normalized spacial score (nSPS) is 21.5. The Morgan fingerprint density at radius 2 is 2.32 bits per heavy atom. The number of hydrogen-bond donors (Lipinski definition) is 2. The lowest BCUT2D eigenvalue weighted by molar-refractivity contribution is -0.120. The van der Waals surface area contributed by atoms with E-state index in [1.54, 1.807) is 16.9 Å². The van der Waals surface area contributed by atoms with Crippen molar-refractivity contribution in [1.29, 1.82) is 0 Å². The second-order valence-corrected chi connectivity index (χ2v) is 6.11. The van der Waals surface area contributed by atoms with E-state index in [1.165, 1.54) is 0 Å². The molecule has 0 aliphatic carbocycles. The quantitative estimate of drug-likeness (QED) is 0.915. The third kappa shape index (κ3) is 3.31. The largest absolute Gasteiger partial charge is 0.314 e. The van der Waals surface area contributed by atoms with Gasteiger partial charge in [0.2, 0.25) is 5.91 Å². The molecule has 0 unspecified atom stereocenters. The molecule has 2 atom stereocenters. The van der Waals surface area contributed by atoms with Crippen LogP contribution in [0.3, 0.4) is 0 Å². The monoisotopic (exact) mass is 318 g/mol. The lowest BCUT2D eigenvalue weighted by Gasteiger charge is -2.27. The molecule has 0 bridgehead atoms. The fourth-order valence-electron chi connectivity index (χ4n) is 2.81. The molecule has 3 rings (SSSR count). The van der Waals surface area contributed by atoms with Gasteiger partial charge >= 0.3 is 0 Å². The van der Waals surface area contributed by atoms with Crippen LogP contribution in [0.2, 0.25) is 5.02 Å². The Morgan fingerprint density at radius 3 is 3.09 bits per heavy atom. The number of piperidine rings is 1. The summed E-state index contributed by atoms with van der Waals surface area (Å²) in [4.78, 5) is 12.5. The van der Waals surface area contributed by atoms with Gasteiger partial charge in [0.05, 0.1) is 11.9 Å². The van der Waals surface area contributed by atoms with Crippen LogP contribution in [0.15, 0.2) is 36.5 Å². The fourth-order valence-corrected chi connectivity index (χ4v) is 2.99. The molecule has 22 heavy (non-hydrogen) atoms. The van der Waals surface area contributed by atoms with E-state index >= 15 is 0 Å². The Bertz CT molecular complexity index is 670. The lowest BCUT2D eigenvalue weighted by Crippen LogP contribution is -2.40. The number of nitrogens with zero attached hydrogens (tertiary/aromatic N) is 2. The predicted molar refractivity (Wildman–Crippen MR) is 87.4 cm³/mol. The maximum atomic E-state index is 12.5. The van der Waals surface area contributed by atoms with E-state index in [2.05, 4.69) is 22.7 Å². The van der Waals surface area contributed by atoms with Crippen molar-refractivity contribution in [3.05, 3.63) is 41.6 Å². The third-order valence-corrected chi connectivity index (χ3v) is 4.18. The van der Waals surface area contributed by atoms with Crippen LogP contribution in [-0.4, -0.2) is 28.3 Å². The van der Waals surface area contributed by atoms with Crippen molar-refractivity contribution < 1.29 is 4.79 Å². The standard InChI is InChI=1S/C16H19ClN4O/c1-11-9-12(5-7-18-11)16(22)20-15-6-8-19-21(15)14-4-2-3-13(17)10-14/h2-4,6,8,10-12,18H,5,7,9H2,1H3,(H,20,22)/t11-,12-/m0/s1. The summed E-state index contributed by atoms with van der Waals surface area (Å²) in [5, 5.41) is 11.3. The number of rotatable bonds is 3. The van der Waals surface area contributed by atoms with Crippen LogP contribution in [0.25, 0.3) is 5.69 Å². The van der Waals surface area contributed by atoms with Gasteiger partial charge in [0.1, 0.15) is 5.82 Å². The predicted octanol–water partition coefficient (Wildman–Crippen LogP) is 2.85. The van der Waals surface area contributed by atoms with Crippen molar-refractivity contribution in [2.45, 2.75) is 25.8 Å². The van der Waals surface area contributed by atoms with Crippen molar-refractivity contribution in [2.75, 3.05) is 11.9 Å². The van der Waals surface area contributed by atoms with E-state index in [-0.39, 0.29) is 11.8 Å². The van der Waals surface area contributed by atoms with Gasteiger partial charge in [0.15, 0.2) is 0 Å². The first-order valence-corrected chi connectivity index (χ1v) is 7.85. The number of carbonyl (C=O) groups excluding carboxylic acids is 1. The van der Waals surface area contributed by atoms with Crippen molar-refractivity contribution in [1.82, 2.24) is 15.1 Å². The maximum Gasteiger partial charge on any atom is 0.228 e. The molecule has 0 radical (unpaired) electrons. The number of halogens is 1. The van der Waals surface area contributed by atoms with Crippen molar-refractivity contribution in [3.63, 3.8) is 0 Å². The van der Waals surface area contributed by atoms with Gasteiger partial charge in [-0.3, -0.25) is 4.79 Å². The molecule has 2 heterocycles. The van der Waals surface area contributed by atoms with Crippen LogP contribution < -0.4 is 10.6 Å². The summed E-state index contributed by atoms with van der Waals surface area (Å²) < 4.78 is 1.69. The van der Waals surface area contributed by atoms with Crippen LogP contribution in [0.1, 0.15) is 19.8 Å². The first-order chi connectivity index (χ1) is 10.6. The minimum atomic E-state index is 0.0407. The van der Waals surface area contributed by atoms with Gasteiger partial charge in [0.25, 0.3) is 0 Å². The topological polar surface area (TPSA) is 59.0 Å². The highest BCUT2D eigenvalue weighted by atomic mass is 35.5. The molecule has 1 saturated heterocycles. The molecule has 0 spiro atoms. The Balaban J connectivity index is 1.76. The highest BCUT2D eigenvalue weighted by Gasteiger charge is 2.25. The molecule has 1 amide bonds. The van der Waals surface area contributed by atoms with Crippen LogP contribution in [0.4, 0.5) is 5.82 Å². The zero-order valence-electron chi connectivity index (χ0n) is 12.4. The van der Waals surface area contributed by atoms with Crippen LogP contribution in [0, 0.1) is 5.92 Å². The summed E-state index contributed by atoms with van der Waals surface area (Å²) in [5.41, 5.74) is 0.825. The Hall–Kier alpha value is -1.85. The molecule has 1 fully saturated rings. The SMILES string of the molecule is C[C@H]1C[C@@H](C(=O)Nc2ccnn2-c2cccc(Cl)c2)CCN1. The van der Waals surface area contributed by atoms with Gasteiger partial charge in [-0.05, 0) is 44.5 Å². The molecular formula is C16H19ClN4O.